The zero-order valence-electron chi connectivity index (χ0n) is 8.86. The summed E-state index contributed by atoms with van der Waals surface area (Å²) >= 11 is 0. The van der Waals surface area contributed by atoms with Crippen LogP contribution in [0.15, 0.2) is 18.7 Å². The lowest BCUT2D eigenvalue weighted by molar-refractivity contribution is 0.0834. The van der Waals surface area contributed by atoms with E-state index in [1.807, 2.05) is 6.92 Å². The zero-order chi connectivity index (χ0) is 10.7. The number of rotatable bonds is 2. The molecule has 0 aliphatic carbocycles. The number of carbonyl (C=O) groups is 1. The van der Waals surface area contributed by atoms with E-state index in [9.17, 15) is 4.79 Å². The minimum absolute atomic E-state index is 0.0998. The average molecular weight is 205 g/mol. The lowest BCUT2D eigenvalue weighted by atomic mass is 9.84. The Morgan fingerprint density at radius 3 is 2.73 bits per heavy atom. The summed E-state index contributed by atoms with van der Waals surface area (Å²) in [5.74, 6) is 0.0998. The predicted octanol–water partition coefficient (Wildman–Crippen LogP) is 1.19. The molecule has 4 heteroatoms. The number of nitrogens with zero attached hydrogens (tertiary/aromatic N) is 2. The van der Waals surface area contributed by atoms with Gasteiger partial charge in [0, 0.05) is 12.4 Å². The maximum Gasteiger partial charge on any atom is 0.185 e. The Hall–Kier alpha value is -1.29. The van der Waals surface area contributed by atoms with Crippen molar-refractivity contribution in [2.24, 2.45) is 0 Å². The topological polar surface area (TPSA) is 54.9 Å². The molecule has 0 amide bonds. The maximum absolute atomic E-state index is 12.2. The van der Waals surface area contributed by atoms with Crippen LogP contribution in [0.4, 0.5) is 0 Å². The SMILES string of the molecule is CC1(C(=O)c2cncnc2)CCCCN1. The van der Waals surface area contributed by atoms with Crippen LogP contribution in [0.1, 0.15) is 36.5 Å². The Kier molecular flexibility index (Phi) is 2.77. The normalized spacial score (nSPS) is 26.2. The van der Waals surface area contributed by atoms with Crippen molar-refractivity contribution in [3.05, 3.63) is 24.3 Å². The van der Waals surface area contributed by atoms with Crippen LogP contribution in [0, 0.1) is 0 Å². The predicted molar refractivity (Wildman–Crippen MR) is 56.6 cm³/mol. The van der Waals surface area contributed by atoms with Gasteiger partial charge in [0.25, 0.3) is 0 Å². The maximum atomic E-state index is 12.2. The molecule has 15 heavy (non-hydrogen) atoms. The third-order valence-electron chi connectivity index (χ3n) is 2.94. The molecule has 1 aromatic heterocycles. The first-order chi connectivity index (χ1) is 7.22. The summed E-state index contributed by atoms with van der Waals surface area (Å²) in [5, 5.41) is 3.29. The van der Waals surface area contributed by atoms with Gasteiger partial charge in [-0.3, -0.25) is 4.79 Å². The van der Waals surface area contributed by atoms with Crippen LogP contribution < -0.4 is 5.32 Å². The molecule has 1 unspecified atom stereocenters. The van der Waals surface area contributed by atoms with E-state index < -0.39 is 5.54 Å². The molecular weight excluding hydrogens is 190 g/mol. The van der Waals surface area contributed by atoms with Crippen molar-refractivity contribution in [3.8, 4) is 0 Å². The first-order valence-electron chi connectivity index (χ1n) is 5.27. The minimum Gasteiger partial charge on any atom is -0.305 e. The van der Waals surface area contributed by atoms with Gasteiger partial charge in [-0.05, 0) is 32.7 Å². The van der Waals surface area contributed by atoms with Crippen molar-refractivity contribution < 1.29 is 4.79 Å². The van der Waals surface area contributed by atoms with Gasteiger partial charge in [-0.15, -0.1) is 0 Å². The van der Waals surface area contributed by atoms with Crippen LogP contribution in [-0.2, 0) is 0 Å². The third-order valence-corrected chi connectivity index (χ3v) is 2.94. The Labute approximate surface area is 89.1 Å². The van der Waals surface area contributed by atoms with E-state index >= 15 is 0 Å². The monoisotopic (exact) mass is 205 g/mol. The number of nitrogens with one attached hydrogen (secondary N) is 1. The van der Waals surface area contributed by atoms with Gasteiger partial charge < -0.3 is 5.32 Å². The summed E-state index contributed by atoms with van der Waals surface area (Å²) in [7, 11) is 0. The van der Waals surface area contributed by atoms with Crippen molar-refractivity contribution in [1.29, 1.82) is 0 Å². The van der Waals surface area contributed by atoms with Crippen molar-refractivity contribution in [2.75, 3.05) is 6.54 Å². The highest BCUT2D eigenvalue weighted by atomic mass is 16.1. The van der Waals surface area contributed by atoms with Crippen LogP contribution in [0.5, 0.6) is 0 Å². The summed E-state index contributed by atoms with van der Waals surface area (Å²) in [6, 6.07) is 0. The summed E-state index contributed by atoms with van der Waals surface area (Å²) in [5.41, 5.74) is 0.164. The highest BCUT2D eigenvalue weighted by Gasteiger charge is 2.34. The standard InChI is InChI=1S/C11H15N3O/c1-11(4-2-3-5-14-11)10(15)9-6-12-8-13-7-9/h6-8,14H,2-5H2,1H3. The van der Waals surface area contributed by atoms with Gasteiger partial charge in [-0.1, -0.05) is 0 Å². The number of hydrogen-bond acceptors (Lipinski definition) is 4. The fourth-order valence-electron chi connectivity index (χ4n) is 1.98. The highest BCUT2D eigenvalue weighted by molar-refractivity contribution is 6.02. The first kappa shape index (κ1) is 10.2. The summed E-state index contributed by atoms with van der Waals surface area (Å²) in [6.07, 6.45) is 7.74. The van der Waals surface area contributed by atoms with Gasteiger partial charge in [0.2, 0.25) is 0 Å². The largest absolute Gasteiger partial charge is 0.305 e. The van der Waals surface area contributed by atoms with E-state index in [2.05, 4.69) is 15.3 Å². The molecule has 0 aromatic carbocycles. The molecule has 2 rings (SSSR count). The molecule has 1 saturated heterocycles. The lowest BCUT2D eigenvalue weighted by Crippen LogP contribution is -2.52. The van der Waals surface area contributed by atoms with Gasteiger partial charge in [0.1, 0.15) is 6.33 Å². The van der Waals surface area contributed by atoms with Crippen LogP contribution >= 0.6 is 0 Å². The van der Waals surface area contributed by atoms with Gasteiger partial charge in [-0.2, -0.15) is 0 Å². The molecule has 0 radical (unpaired) electrons. The zero-order valence-corrected chi connectivity index (χ0v) is 8.86. The number of hydrogen-bond donors (Lipinski definition) is 1. The van der Waals surface area contributed by atoms with Crippen LogP contribution in [0.3, 0.4) is 0 Å². The van der Waals surface area contributed by atoms with Crippen molar-refractivity contribution >= 4 is 5.78 Å². The third kappa shape index (κ3) is 2.04. The van der Waals surface area contributed by atoms with E-state index in [0.717, 1.165) is 25.8 Å². The smallest absolute Gasteiger partial charge is 0.185 e. The summed E-state index contributed by atoms with van der Waals surface area (Å²) < 4.78 is 0. The molecule has 1 aliphatic rings. The number of Topliss-reactive ketones (excluding diaryl/α,β-unsaturated/α-hetero) is 1. The molecule has 0 bridgehead atoms. The fraction of sp³-hybridized carbons (Fsp3) is 0.545. The number of aromatic nitrogens is 2. The van der Waals surface area contributed by atoms with Crippen LogP contribution in [0.2, 0.25) is 0 Å². The molecule has 0 spiro atoms. The lowest BCUT2D eigenvalue weighted by Gasteiger charge is -2.33. The quantitative estimate of drug-likeness (QED) is 0.737. The van der Waals surface area contributed by atoms with Gasteiger partial charge in [0.05, 0.1) is 11.1 Å². The van der Waals surface area contributed by atoms with Crippen LogP contribution in [0.25, 0.3) is 0 Å². The molecule has 1 N–H and O–H groups in total. The van der Waals surface area contributed by atoms with Crippen molar-refractivity contribution in [3.63, 3.8) is 0 Å². The Morgan fingerprint density at radius 2 is 2.13 bits per heavy atom. The van der Waals surface area contributed by atoms with Crippen molar-refractivity contribution in [2.45, 2.75) is 31.7 Å². The molecule has 4 nitrogen and oxygen atoms in total. The number of carbonyl (C=O) groups excluding carboxylic acids is 1. The van der Waals surface area contributed by atoms with E-state index in [4.69, 9.17) is 0 Å². The van der Waals surface area contributed by atoms with Crippen LogP contribution in [-0.4, -0.2) is 27.8 Å². The fourth-order valence-corrected chi connectivity index (χ4v) is 1.98. The van der Waals surface area contributed by atoms with E-state index in [1.54, 1.807) is 12.4 Å². The second kappa shape index (κ2) is 4.06. The molecule has 0 saturated carbocycles. The number of ketones is 1. The highest BCUT2D eigenvalue weighted by Crippen LogP contribution is 2.22. The van der Waals surface area contributed by atoms with Crippen molar-refractivity contribution in [1.82, 2.24) is 15.3 Å². The molecule has 80 valence electrons. The molecule has 1 aromatic rings. The van der Waals surface area contributed by atoms with E-state index in [1.165, 1.54) is 6.33 Å². The Bertz CT molecular complexity index is 344. The average Bonchev–Trinajstić information content (AvgIpc) is 2.30. The Morgan fingerprint density at radius 1 is 1.40 bits per heavy atom. The second-order valence-corrected chi connectivity index (χ2v) is 4.17. The summed E-state index contributed by atoms with van der Waals surface area (Å²) in [6.45, 7) is 2.87. The molecular formula is C11H15N3O. The second-order valence-electron chi connectivity index (χ2n) is 4.17. The minimum atomic E-state index is -0.428. The van der Waals surface area contributed by atoms with Gasteiger partial charge in [-0.25, -0.2) is 9.97 Å². The van der Waals surface area contributed by atoms with E-state index in [0.29, 0.717) is 5.56 Å². The van der Waals surface area contributed by atoms with Gasteiger partial charge in [0.15, 0.2) is 5.78 Å². The van der Waals surface area contributed by atoms with Gasteiger partial charge >= 0.3 is 0 Å². The molecule has 1 atom stereocenters. The first-order valence-corrected chi connectivity index (χ1v) is 5.27. The van der Waals surface area contributed by atoms with E-state index in [-0.39, 0.29) is 5.78 Å². The molecule has 1 fully saturated rings. The summed E-state index contributed by atoms with van der Waals surface area (Å²) in [4.78, 5) is 19.9. The number of piperidine rings is 1. The molecule has 2 heterocycles. The molecule has 1 aliphatic heterocycles. The Balaban J connectivity index is 2.20.